The van der Waals surface area contributed by atoms with Crippen molar-refractivity contribution in [3.63, 3.8) is 0 Å². The van der Waals surface area contributed by atoms with Gasteiger partial charge in [0.1, 0.15) is 5.03 Å². The molecule has 1 saturated heterocycles. The van der Waals surface area contributed by atoms with E-state index in [0.717, 1.165) is 19.4 Å². The van der Waals surface area contributed by atoms with E-state index in [4.69, 9.17) is 11.6 Å². The van der Waals surface area contributed by atoms with Crippen LogP contribution in [0.4, 0.5) is 0 Å². The first-order valence-electron chi connectivity index (χ1n) is 4.86. The van der Waals surface area contributed by atoms with Crippen LogP contribution in [-0.4, -0.2) is 32.5 Å². The second-order valence-electron chi connectivity index (χ2n) is 3.47. The van der Waals surface area contributed by atoms with Crippen LogP contribution in [0.5, 0.6) is 0 Å². The molecule has 1 aliphatic heterocycles. The van der Waals surface area contributed by atoms with Crippen molar-refractivity contribution in [1.82, 2.24) is 15.3 Å². The normalized spacial score (nSPS) is 22.9. The molecule has 2 rings (SSSR count). The van der Waals surface area contributed by atoms with Crippen molar-refractivity contribution < 1.29 is 4.21 Å². The van der Waals surface area contributed by atoms with Crippen molar-refractivity contribution in [2.24, 2.45) is 0 Å². The first-order chi connectivity index (χ1) is 7.25. The minimum Gasteiger partial charge on any atom is -0.313 e. The standard InChI is InChI=1S/C9H12ClN3OS/c10-9-12-5-3-8(13-9)15(14)6-7-2-1-4-11-7/h3,5,7,11H,1-2,4,6H2/t7-,15-/m1/s1. The van der Waals surface area contributed by atoms with Gasteiger partial charge in [-0.05, 0) is 37.1 Å². The van der Waals surface area contributed by atoms with E-state index in [-0.39, 0.29) is 5.28 Å². The van der Waals surface area contributed by atoms with Crippen LogP contribution in [0.3, 0.4) is 0 Å². The molecule has 1 aliphatic rings. The first-order valence-corrected chi connectivity index (χ1v) is 6.56. The van der Waals surface area contributed by atoms with Gasteiger partial charge in [-0.2, -0.15) is 0 Å². The highest BCUT2D eigenvalue weighted by Gasteiger charge is 2.18. The van der Waals surface area contributed by atoms with E-state index in [2.05, 4.69) is 15.3 Å². The molecule has 0 amide bonds. The lowest BCUT2D eigenvalue weighted by molar-refractivity contribution is 0.641. The Labute approximate surface area is 95.9 Å². The van der Waals surface area contributed by atoms with Crippen molar-refractivity contribution in [3.8, 4) is 0 Å². The lowest BCUT2D eigenvalue weighted by Crippen LogP contribution is -2.27. The maximum Gasteiger partial charge on any atom is 0.223 e. The molecular weight excluding hydrogens is 234 g/mol. The van der Waals surface area contributed by atoms with E-state index in [9.17, 15) is 4.21 Å². The number of nitrogens with one attached hydrogen (secondary N) is 1. The maximum absolute atomic E-state index is 11.9. The minimum absolute atomic E-state index is 0.153. The Hall–Kier alpha value is -0.520. The van der Waals surface area contributed by atoms with Gasteiger partial charge in [0.2, 0.25) is 5.28 Å². The van der Waals surface area contributed by atoms with Gasteiger partial charge in [0.05, 0.1) is 10.8 Å². The van der Waals surface area contributed by atoms with E-state index in [1.54, 1.807) is 6.07 Å². The molecule has 1 N–H and O–H groups in total. The van der Waals surface area contributed by atoms with Crippen LogP contribution in [0, 0.1) is 0 Å². The molecule has 0 saturated carbocycles. The Morgan fingerprint density at radius 3 is 3.20 bits per heavy atom. The highest BCUT2D eigenvalue weighted by atomic mass is 35.5. The van der Waals surface area contributed by atoms with Crippen molar-refractivity contribution in [2.45, 2.75) is 23.9 Å². The third-order valence-electron chi connectivity index (χ3n) is 2.35. The van der Waals surface area contributed by atoms with Crippen LogP contribution in [0.1, 0.15) is 12.8 Å². The van der Waals surface area contributed by atoms with Crippen LogP contribution in [0.15, 0.2) is 17.3 Å². The Morgan fingerprint density at radius 2 is 2.53 bits per heavy atom. The monoisotopic (exact) mass is 245 g/mol. The van der Waals surface area contributed by atoms with Crippen molar-refractivity contribution in [2.75, 3.05) is 12.3 Å². The van der Waals surface area contributed by atoms with Crippen molar-refractivity contribution in [3.05, 3.63) is 17.5 Å². The van der Waals surface area contributed by atoms with E-state index in [0.29, 0.717) is 16.8 Å². The molecule has 2 atom stereocenters. The fourth-order valence-electron chi connectivity index (χ4n) is 1.61. The lowest BCUT2D eigenvalue weighted by Gasteiger charge is -2.08. The predicted octanol–water partition coefficient (Wildman–Crippen LogP) is 0.990. The van der Waals surface area contributed by atoms with Gasteiger partial charge in [-0.25, -0.2) is 9.97 Å². The third-order valence-corrected chi connectivity index (χ3v) is 3.93. The molecule has 2 heterocycles. The summed E-state index contributed by atoms with van der Waals surface area (Å²) >= 11 is 5.63. The number of halogens is 1. The van der Waals surface area contributed by atoms with Gasteiger partial charge in [0, 0.05) is 18.0 Å². The van der Waals surface area contributed by atoms with Gasteiger partial charge in [-0.1, -0.05) is 0 Å². The minimum atomic E-state index is -1.08. The molecule has 15 heavy (non-hydrogen) atoms. The number of hydrogen-bond donors (Lipinski definition) is 1. The van der Waals surface area contributed by atoms with Gasteiger partial charge in [-0.3, -0.25) is 4.21 Å². The van der Waals surface area contributed by atoms with Gasteiger partial charge in [0.25, 0.3) is 0 Å². The number of nitrogens with zero attached hydrogens (tertiary/aromatic N) is 2. The smallest absolute Gasteiger partial charge is 0.223 e. The van der Waals surface area contributed by atoms with Crippen LogP contribution < -0.4 is 5.32 Å². The molecule has 0 radical (unpaired) electrons. The van der Waals surface area contributed by atoms with E-state index < -0.39 is 10.8 Å². The van der Waals surface area contributed by atoms with Crippen LogP contribution in [-0.2, 0) is 10.8 Å². The molecule has 4 nitrogen and oxygen atoms in total. The van der Waals surface area contributed by atoms with Crippen LogP contribution >= 0.6 is 11.6 Å². The summed E-state index contributed by atoms with van der Waals surface area (Å²) in [5, 5.41) is 3.97. The average molecular weight is 246 g/mol. The molecule has 0 bridgehead atoms. The topological polar surface area (TPSA) is 54.9 Å². The SMILES string of the molecule is O=[S@](C[C@H]1CCCN1)c1ccnc(Cl)n1. The van der Waals surface area contributed by atoms with Crippen LogP contribution in [0.25, 0.3) is 0 Å². The Bertz CT molecular complexity index is 368. The second kappa shape index (κ2) is 5.01. The number of hydrogen-bond acceptors (Lipinski definition) is 4. The average Bonchev–Trinajstić information content (AvgIpc) is 2.70. The molecule has 82 valence electrons. The summed E-state index contributed by atoms with van der Waals surface area (Å²) in [6.07, 6.45) is 3.78. The fourth-order valence-corrected chi connectivity index (χ4v) is 3.03. The largest absolute Gasteiger partial charge is 0.313 e. The summed E-state index contributed by atoms with van der Waals surface area (Å²) < 4.78 is 11.9. The molecule has 1 aromatic rings. The zero-order valence-electron chi connectivity index (χ0n) is 8.15. The van der Waals surface area contributed by atoms with Gasteiger partial charge in [-0.15, -0.1) is 0 Å². The first kappa shape index (κ1) is 11.0. The number of rotatable bonds is 3. The van der Waals surface area contributed by atoms with Crippen molar-refractivity contribution in [1.29, 1.82) is 0 Å². The Morgan fingerprint density at radius 1 is 1.67 bits per heavy atom. The van der Waals surface area contributed by atoms with E-state index >= 15 is 0 Å². The van der Waals surface area contributed by atoms with Gasteiger partial charge in [0.15, 0.2) is 0 Å². The second-order valence-corrected chi connectivity index (χ2v) is 5.25. The molecule has 0 aromatic carbocycles. The molecule has 0 unspecified atom stereocenters. The Kier molecular flexibility index (Phi) is 3.66. The molecule has 1 aromatic heterocycles. The molecule has 0 spiro atoms. The summed E-state index contributed by atoms with van der Waals surface area (Å²) in [7, 11) is -1.08. The van der Waals surface area contributed by atoms with Crippen molar-refractivity contribution >= 4 is 22.4 Å². The summed E-state index contributed by atoms with van der Waals surface area (Å²) in [6, 6.07) is 2.00. The van der Waals surface area contributed by atoms with E-state index in [1.165, 1.54) is 6.20 Å². The molecule has 0 aliphatic carbocycles. The zero-order valence-corrected chi connectivity index (χ0v) is 9.72. The van der Waals surface area contributed by atoms with Crippen LogP contribution in [0.2, 0.25) is 5.28 Å². The fraction of sp³-hybridized carbons (Fsp3) is 0.556. The third kappa shape index (κ3) is 2.96. The molecule has 1 fully saturated rings. The zero-order chi connectivity index (χ0) is 10.7. The summed E-state index contributed by atoms with van der Waals surface area (Å²) in [6.45, 7) is 1.02. The highest BCUT2D eigenvalue weighted by molar-refractivity contribution is 7.85. The predicted molar refractivity (Wildman–Crippen MR) is 59.3 cm³/mol. The quantitative estimate of drug-likeness (QED) is 0.638. The van der Waals surface area contributed by atoms with Gasteiger partial charge < -0.3 is 5.32 Å². The Balaban J connectivity index is 2.01. The number of aromatic nitrogens is 2. The lowest BCUT2D eigenvalue weighted by atomic mass is 10.3. The summed E-state index contributed by atoms with van der Waals surface area (Å²) in [4.78, 5) is 7.70. The highest BCUT2D eigenvalue weighted by Crippen LogP contribution is 2.11. The van der Waals surface area contributed by atoms with Gasteiger partial charge >= 0.3 is 0 Å². The molecular formula is C9H12ClN3OS. The maximum atomic E-state index is 11.9. The summed E-state index contributed by atoms with van der Waals surface area (Å²) in [5.41, 5.74) is 0. The summed E-state index contributed by atoms with van der Waals surface area (Å²) in [5.74, 6) is 0.605. The molecule has 6 heteroatoms. The van der Waals surface area contributed by atoms with E-state index in [1.807, 2.05) is 0 Å².